The molecular weight excluding hydrogens is 248 g/mol. The molecule has 0 bridgehead atoms. The molecule has 0 atom stereocenters. The van der Waals surface area contributed by atoms with E-state index >= 15 is 0 Å². The number of nitriles is 1. The second kappa shape index (κ2) is 4.71. The van der Waals surface area contributed by atoms with Gasteiger partial charge in [0.2, 0.25) is 0 Å². The highest BCUT2D eigenvalue weighted by atomic mass is 15.1. The Balaban J connectivity index is 2.03. The summed E-state index contributed by atoms with van der Waals surface area (Å²) in [4.78, 5) is 6.63. The van der Waals surface area contributed by atoms with Gasteiger partial charge in [0.15, 0.2) is 0 Å². The molecule has 4 heteroatoms. The molecule has 0 spiro atoms. The number of hydrogen-bond donors (Lipinski definition) is 0. The highest BCUT2D eigenvalue weighted by Gasteiger charge is 2.05. The maximum absolute atomic E-state index is 8.92. The number of benzene rings is 1. The van der Waals surface area contributed by atoms with Crippen molar-refractivity contribution >= 4 is 11.3 Å². The van der Waals surface area contributed by atoms with Crippen LogP contribution in [0.3, 0.4) is 0 Å². The zero-order valence-electron chi connectivity index (χ0n) is 11.4. The summed E-state index contributed by atoms with van der Waals surface area (Å²) in [5, 5.41) is 8.92. The van der Waals surface area contributed by atoms with E-state index in [-0.39, 0.29) is 0 Å². The lowest BCUT2D eigenvalue weighted by atomic mass is 10.1. The van der Waals surface area contributed by atoms with Gasteiger partial charge in [0.1, 0.15) is 11.7 Å². The third-order valence-electron chi connectivity index (χ3n) is 3.26. The van der Waals surface area contributed by atoms with Crippen molar-refractivity contribution in [1.29, 1.82) is 5.26 Å². The first-order chi connectivity index (χ1) is 9.67. The number of rotatable bonds is 2. The van der Waals surface area contributed by atoms with Crippen LogP contribution in [0.2, 0.25) is 0 Å². The van der Waals surface area contributed by atoms with E-state index in [0.29, 0.717) is 5.56 Å². The quantitative estimate of drug-likeness (QED) is 0.713. The van der Waals surface area contributed by atoms with Crippen molar-refractivity contribution in [1.82, 2.24) is 9.38 Å². The topological polar surface area (TPSA) is 44.3 Å². The normalized spacial score (nSPS) is 10.4. The average Bonchev–Trinajstić information content (AvgIpc) is 2.90. The molecule has 0 unspecified atom stereocenters. The standard InChI is InChI=1S/C16H14N4/c1-19(2)14-6-4-13(5-7-14)15-11-20-10-12(9-17)3-8-16(20)18-15/h3-8,10-11H,1-2H3. The minimum Gasteiger partial charge on any atom is -0.378 e. The van der Waals surface area contributed by atoms with Crippen molar-refractivity contribution in [2.45, 2.75) is 0 Å². The lowest BCUT2D eigenvalue weighted by Gasteiger charge is -2.12. The number of nitrogens with zero attached hydrogens (tertiary/aromatic N) is 4. The Morgan fingerprint density at radius 2 is 1.80 bits per heavy atom. The molecule has 0 saturated carbocycles. The fourth-order valence-electron chi connectivity index (χ4n) is 2.13. The van der Waals surface area contributed by atoms with Crippen LogP contribution in [-0.2, 0) is 0 Å². The van der Waals surface area contributed by atoms with Gasteiger partial charge in [-0.1, -0.05) is 12.1 Å². The zero-order chi connectivity index (χ0) is 14.1. The first kappa shape index (κ1) is 12.2. The van der Waals surface area contributed by atoms with E-state index < -0.39 is 0 Å². The number of imidazole rings is 1. The SMILES string of the molecule is CN(C)c1ccc(-c2cn3cc(C#N)ccc3n2)cc1. The molecular formula is C16H14N4. The fourth-order valence-corrected chi connectivity index (χ4v) is 2.13. The van der Waals surface area contributed by atoms with Crippen LogP contribution in [0, 0.1) is 11.3 Å². The van der Waals surface area contributed by atoms with Crippen LogP contribution in [-0.4, -0.2) is 23.5 Å². The predicted octanol–water partition coefficient (Wildman–Crippen LogP) is 2.94. The smallest absolute Gasteiger partial charge is 0.137 e. The van der Waals surface area contributed by atoms with Gasteiger partial charge in [-0.05, 0) is 24.3 Å². The number of anilines is 1. The second-order valence-electron chi connectivity index (χ2n) is 4.86. The van der Waals surface area contributed by atoms with Crippen LogP contribution < -0.4 is 4.90 Å². The summed E-state index contributed by atoms with van der Waals surface area (Å²) in [6.45, 7) is 0. The van der Waals surface area contributed by atoms with E-state index in [9.17, 15) is 0 Å². The van der Waals surface area contributed by atoms with Gasteiger partial charge in [0, 0.05) is 37.7 Å². The van der Waals surface area contributed by atoms with E-state index in [1.807, 2.05) is 30.8 Å². The van der Waals surface area contributed by atoms with Gasteiger partial charge in [-0.2, -0.15) is 5.26 Å². The van der Waals surface area contributed by atoms with E-state index in [4.69, 9.17) is 5.26 Å². The molecule has 2 aromatic heterocycles. The summed E-state index contributed by atoms with van der Waals surface area (Å²) in [7, 11) is 4.03. The summed E-state index contributed by atoms with van der Waals surface area (Å²) in [6.07, 6.45) is 3.74. The summed E-state index contributed by atoms with van der Waals surface area (Å²) in [6, 6.07) is 14.0. The van der Waals surface area contributed by atoms with Crippen LogP contribution in [0.5, 0.6) is 0 Å². The van der Waals surface area contributed by atoms with E-state index in [1.54, 1.807) is 12.3 Å². The summed E-state index contributed by atoms with van der Waals surface area (Å²) < 4.78 is 1.88. The van der Waals surface area contributed by atoms with Crippen molar-refractivity contribution in [2.24, 2.45) is 0 Å². The maximum Gasteiger partial charge on any atom is 0.137 e. The Kier molecular flexibility index (Phi) is 2.88. The number of aromatic nitrogens is 2. The highest BCUT2D eigenvalue weighted by molar-refractivity contribution is 5.65. The van der Waals surface area contributed by atoms with Crippen molar-refractivity contribution in [3.05, 3.63) is 54.4 Å². The van der Waals surface area contributed by atoms with Crippen LogP contribution in [0.15, 0.2) is 48.8 Å². The molecule has 2 heterocycles. The molecule has 0 fully saturated rings. The van der Waals surface area contributed by atoms with Gasteiger partial charge < -0.3 is 9.30 Å². The Labute approximate surface area is 117 Å². The first-order valence-corrected chi connectivity index (χ1v) is 6.34. The molecule has 0 aliphatic rings. The lowest BCUT2D eigenvalue weighted by Crippen LogP contribution is -2.07. The molecule has 0 aliphatic heterocycles. The van der Waals surface area contributed by atoms with Crippen LogP contribution >= 0.6 is 0 Å². The summed E-state index contributed by atoms with van der Waals surface area (Å²) in [5.74, 6) is 0. The number of hydrogen-bond acceptors (Lipinski definition) is 3. The monoisotopic (exact) mass is 262 g/mol. The predicted molar refractivity (Wildman–Crippen MR) is 79.7 cm³/mol. The Bertz CT molecular complexity index is 791. The average molecular weight is 262 g/mol. The molecule has 0 radical (unpaired) electrons. The molecule has 4 nitrogen and oxygen atoms in total. The molecule has 0 N–H and O–H groups in total. The largest absolute Gasteiger partial charge is 0.378 e. The first-order valence-electron chi connectivity index (χ1n) is 6.34. The van der Waals surface area contributed by atoms with Crippen LogP contribution in [0.4, 0.5) is 5.69 Å². The molecule has 0 aliphatic carbocycles. The van der Waals surface area contributed by atoms with Gasteiger partial charge in [-0.25, -0.2) is 4.98 Å². The molecule has 20 heavy (non-hydrogen) atoms. The molecule has 3 aromatic rings. The van der Waals surface area contributed by atoms with E-state index in [1.165, 1.54) is 0 Å². The molecule has 98 valence electrons. The van der Waals surface area contributed by atoms with Crippen LogP contribution in [0.25, 0.3) is 16.9 Å². The third-order valence-corrected chi connectivity index (χ3v) is 3.26. The maximum atomic E-state index is 8.92. The molecule has 3 rings (SSSR count). The van der Waals surface area contributed by atoms with Gasteiger partial charge in [-0.15, -0.1) is 0 Å². The number of fused-ring (bicyclic) bond motifs is 1. The van der Waals surface area contributed by atoms with Crippen molar-refractivity contribution in [2.75, 3.05) is 19.0 Å². The van der Waals surface area contributed by atoms with E-state index in [0.717, 1.165) is 22.6 Å². The Morgan fingerprint density at radius 3 is 2.45 bits per heavy atom. The zero-order valence-corrected chi connectivity index (χ0v) is 11.4. The molecule has 1 aromatic carbocycles. The lowest BCUT2D eigenvalue weighted by molar-refractivity contribution is 1.13. The molecule has 0 amide bonds. The fraction of sp³-hybridized carbons (Fsp3) is 0.125. The minimum absolute atomic E-state index is 0.629. The second-order valence-corrected chi connectivity index (χ2v) is 4.86. The summed E-state index contributed by atoms with van der Waals surface area (Å²) >= 11 is 0. The van der Waals surface area contributed by atoms with Gasteiger partial charge in [0.25, 0.3) is 0 Å². The molecule has 0 saturated heterocycles. The Hall–Kier alpha value is -2.80. The van der Waals surface area contributed by atoms with Crippen molar-refractivity contribution < 1.29 is 0 Å². The summed E-state index contributed by atoms with van der Waals surface area (Å²) in [5.41, 5.74) is 4.60. The van der Waals surface area contributed by atoms with Crippen LogP contribution in [0.1, 0.15) is 5.56 Å². The van der Waals surface area contributed by atoms with E-state index in [2.05, 4.69) is 40.2 Å². The third kappa shape index (κ3) is 2.10. The van der Waals surface area contributed by atoms with Crippen molar-refractivity contribution in [3.63, 3.8) is 0 Å². The highest BCUT2D eigenvalue weighted by Crippen LogP contribution is 2.22. The Morgan fingerprint density at radius 1 is 1.05 bits per heavy atom. The van der Waals surface area contributed by atoms with Gasteiger partial charge in [0.05, 0.1) is 11.3 Å². The van der Waals surface area contributed by atoms with Gasteiger partial charge >= 0.3 is 0 Å². The minimum atomic E-state index is 0.629. The number of pyridine rings is 1. The van der Waals surface area contributed by atoms with Gasteiger partial charge in [-0.3, -0.25) is 0 Å². The van der Waals surface area contributed by atoms with Crippen molar-refractivity contribution in [3.8, 4) is 17.3 Å².